The predicted octanol–water partition coefficient (Wildman–Crippen LogP) is 21.0. The maximum Gasteiger partial charge on any atom is 0.306 e. The molecule has 0 rings (SSSR count). The van der Waals surface area contributed by atoms with Crippen LogP contribution < -0.4 is 0 Å². The van der Waals surface area contributed by atoms with E-state index in [0.717, 1.165) is 89.9 Å². The summed E-state index contributed by atoms with van der Waals surface area (Å²) in [6.45, 7) is 6.61. The summed E-state index contributed by atoms with van der Waals surface area (Å²) in [7, 11) is 0. The maximum absolute atomic E-state index is 12.8. The summed E-state index contributed by atoms with van der Waals surface area (Å²) in [5.41, 5.74) is 0. The first kappa shape index (κ1) is 68.4. The van der Waals surface area contributed by atoms with Crippen LogP contribution in [-0.2, 0) is 28.6 Å². The van der Waals surface area contributed by atoms with E-state index in [-0.39, 0.29) is 31.1 Å². The Morgan fingerprint density at radius 2 is 0.507 bits per heavy atom. The molecule has 0 saturated carbocycles. The first-order valence-electron chi connectivity index (χ1n) is 31.1. The van der Waals surface area contributed by atoms with Crippen LogP contribution in [0, 0.1) is 0 Å². The van der Waals surface area contributed by atoms with Crippen LogP contribution in [0.15, 0.2) is 48.6 Å². The number of ether oxygens (including phenoxy) is 3. The molecule has 0 aromatic carbocycles. The molecule has 0 aromatic heterocycles. The van der Waals surface area contributed by atoms with Crippen molar-refractivity contribution in [2.45, 2.75) is 335 Å². The van der Waals surface area contributed by atoms with Gasteiger partial charge in [-0.3, -0.25) is 14.4 Å². The smallest absolute Gasteiger partial charge is 0.306 e. The molecule has 414 valence electrons. The summed E-state index contributed by atoms with van der Waals surface area (Å²) in [6.07, 6.45) is 74.2. The lowest BCUT2D eigenvalue weighted by Gasteiger charge is -2.18. The van der Waals surface area contributed by atoms with Crippen molar-refractivity contribution in [3.8, 4) is 0 Å². The third-order valence-corrected chi connectivity index (χ3v) is 13.8. The molecule has 0 spiro atoms. The summed E-state index contributed by atoms with van der Waals surface area (Å²) in [5.74, 6) is -0.876. The van der Waals surface area contributed by atoms with E-state index in [9.17, 15) is 14.4 Å². The molecule has 0 bridgehead atoms. The first-order chi connectivity index (χ1) is 35.0. The molecule has 1 atom stereocenters. The molecule has 0 amide bonds. The number of esters is 3. The van der Waals surface area contributed by atoms with Crippen LogP contribution in [-0.4, -0.2) is 37.2 Å². The van der Waals surface area contributed by atoms with Crippen LogP contribution in [0.5, 0.6) is 0 Å². The second-order valence-corrected chi connectivity index (χ2v) is 21.0. The van der Waals surface area contributed by atoms with Gasteiger partial charge < -0.3 is 14.2 Å². The number of hydrogen-bond acceptors (Lipinski definition) is 6. The van der Waals surface area contributed by atoms with Gasteiger partial charge in [-0.1, -0.05) is 275 Å². The Morgan fingerprint density at radius 3 is 0.803 bits per heavy atom. The molecule has 0 saturated heterocycles. The fourth-order valence-corrected chi connectivity index (χ4v) is 9.09. The number of carbonyl (C=O) groups is 3. The van der Waals surface area contributed by atoms with Gasteiger partial charge in [0.25, 0.3) is 0 Å². The van der Waals surface area contributed by atoms with Gasteiger partial charge in [-0.2, -0.15) is 0 Å². The van der Waals surface area contributed by atoms with Crippen molar-refractivity contribution in [3.05, 3.63) is 48.6 Å². The van der Waals surface area contributed by atoms with Crippen molar-refractivity contribution in [1.29, 1.82) is 0 Å². The second-order valence-electron chi connectivity index (χ2n) is 21.0. The fraction of sp³-hybridized carbons (Fsp3) is 0.831. The second kappa shape index (κ2) is 59.9. The lowest BCUT2D eigenvalue weighted by molar-refractivity contribution is -0.167. The van der Waals surface area contributed by atoms with Crippen molar-refractivity contribution in [3.63, 3.8) is 0 Å². The fourth-order valence-electron chi connectivity index (χ4n) is 9.09. The molecule has 0 N–H and O–H groups in total. The lowest BCUT2D eigenvalue weighted by atomic mass is 10.0. The van der Waals surface area contributed by atoms with E-state index >= 15 is 0 Å². The van der Waals surface area contributed by atoms with Crippen LogP contribution in [0.25, 0.3) is 0 Å². The van der Waals surface area contributed by atoms with Crippen molar-refractivity contribution >= 4 is 17.9 Å². The molecule has 0 heterocycles. The maximum atomic E-state index is 12.8. The first-order valence-corrected chi connectivity index (χ1v) is 31.1. The van der Waals surface area contributed by atoms with Crippen LogP contribution in [0.2, 0.25) is 0 Å². The van der Waals surface area contributed by atoms with Gasteiger partial charge >= 0.3 is 17.9 Å². The Labute approximate surface area is 441 Å². The van der Waals surface area contributed by atoms with Crippen molar-refractivity contribution in [2.24, 2.45) is 0 Å². The minimum absolute atomic E-state index is 0.0750. The van der Waals surface area contributed by atoms with Crippen molar-refractivity contribution in [2.75, 3.05) is 13.2 Å². The zero-order valence-corrected chi connectivity index (χ0v) is 47.5. The van der Waals surface area contributed by atoms with Crippen LogP contribution in [0.1, 0.15) is 329 Å². The molecule has 6 heteroatoms. The van der Waals surface area contributed by atoms with E-state index in [4.69, 9.17) is 14.2 Å². The molecule has 71 heavy (non-hydrogen) atoms. The number of hydrogen-bond donors (Lipinski definition) is 0. The largest absolute Gasteiger partial charge is 0.462 e. The molecule has 0 aliphatic rings. The Bertz CT molecular complexity index is 1230. The molecule has 0 aromatic rings. The van der Waals surface area contributed by atoms with Crippen molar-refractivity contribution in [1.82, 2.24) is 0 Å². The van der Waals surface area contributed by atoms with Crippen LogP contribution in [0.4, 0.5) is 0 Å². The zero-order valence-electron chi connectivity index (χ0n) is 47.5. The van der Waals surface area contributed by atoms with Gasteiger partial charge in [0.15, 0.2) is 6.10 Å². The number of allylic oxidation sites excluding steroid dienone is 8. The highest BCUT2D eigenvalue weighted by molar-refractivity contribution is 5.71. The molecule has 0 fully saturated rings. The van der Waals surface area contributed by atoms with E-state index in [1.54, 1.807) is 0 Å². The monoisotopic (exact) mass is 995 g/mol. The van der Waals surface area contributed by atoms with Gasteiger partial charge in [0.1, 0.15) is 13.2 Å². The Balaban J connectivity index is 4.10. The van der Waals surface area contributed by atoms with E-state index in [1.807, 2.05) is 0 Å². The van der Waals surface area contributed by atoms with E-state index in [2.05, 4.69) is 69.4 Å². The number of rotatable bonds is 57. The highest BCUT2D eigenvalue weighted by Gasteiger charge is 2.19. The number of carbonyl (C=O) groups excluding carboxylic acids is 3. The summed E-state index contributed by atoms with van der Waals surface area (Å²) >= 11 is 0. The SMILES string of the molecule is CCCCC/C=C\C/C=C\CCCCCCCC(=O)OC(COC(=O)CCCCCCCCCCC)COC(=O)CCCCCCCCCCCCCCCCCCC/C=C\C/C=C\CCCCCCC. The van der Waals surface area contributed by atoms with Gasteiger partial charge in [0, 0.05) is 19.3 Å². The Hall–Kier alpha value is -2.63. The number of unbranched alkanes of at least 4 members (excludes halogenated alkanes) is 38. The van der Waals surface area contributed by atoms with Crippen molar-refractivity contribution < 1.29 is 28.6 Å². The Morgan fingerprint density at radius 1 is 0.282 bits per heavy atom. The normalized spacial score (nSPS) is 12.3. The zero-order chi connectivity index (χ0) is 51.4. The molecule has 0 aliphatic heterocycles. The molecule has 0 aliphatic carbocycles. The van der Waals surface area contributed by atoms with Crippen LogP contribution in [0.3, 0.4) is 0 Å². The lowest BCUT2D eigenvalue weighted by Crippen LogP contribution is -2.30. The van der Waals surface area contributed by atoms with Gasteiger partial charge in [-0.05, 0) is 83.5 Å². The predicted molar refractivity (Wildman–Crippen MR) is 307 cm³/mol. The van der Waals surface area contributed by atoms with E-state index < -0.39 is 6.10 Å². The van der Waals surface area contributed by atoms with E-state index in [1.165, 1.54) is 199 Å². The molecule has 1 unspecified atom stereocenters. The summed E-state index contributed by atoms with van der Waals surface area (Å²) < 4.78 is 16.8. The molecule has 6 nitrogen and oxygen atoms in total. The van der Waals surface area contributed by atoms with E-state index in [0.29, 0.717) is 19.3 Å². The summed E-state index contributed by atoms with van der Waals surface area (Å²) in [6, 6.07) is 0. The topological polar surface area (TPSA) is 78.9 Å². The molecular formula is C65H118O6. The standard InChI is InChI=1S/C65H118O6/c1-4-7-10-13-16-19-21-23-25-26-27-28-29-30-31-32-33-34-35-36-37-38-40-41-43-46-49-52-55-58-64(67)70-61-62(60-69-63(66)57-54-51-48-45-18-15-12-9-6-3)71-65(68)59-56-53-50-47-44-42-39-24-22-20-17-14-11-8-5-2/h17,20-21,23-24,26-27,39,62H,4-16,18-19,22,25,28-38,40-61H2,1-3H3/b20-17-,23-21-,27-26-,39-24-. The third kappa shape index (κ3) is 58.1. The summed E-state index contributed by atoms with van der Waals surface area (Å²) in [4.78, 5) is 38.1. The Kier molecular flexibility index (Phi) is 57.7. The highest BCUT2D eigenvalue weighted by atomic mass is 16.6. The minimum atomic E-state index is -0.776. The van der Waals surface area contributed by atoms with Gasteiger partial charge in [-0.15, -0.1) is 0 Å². The van der Waals surface area contributed by atoms with Gasteiger partial charge in [-0.25, -0.2) is 0 Å². The average Bonchev–Trinajstić information content (AvgIpc) is 3.37. The highest BCUT2D eigenvalue weighted by Crippen LogP contribution is 2.17. The van der Waals surface area contributed by atoms with Gasteiger partial charge in [0.2, 0.25) is 0 Å². The molecule has 0 radical (unpaired) electrons. The molecular weight excluding hydrogens is 877 g/mol. The van der Waals surface area contributed by atoms with Gasteiger partial charge in [0.05, 0.1) is 0 Å². The minimum Gasteiger partial charge on any atom is -0.462 e. The van der Waals surface area contributed by atoms with Crippen LogP contribution >= 0.6 is 0 Å². The third-order valence-electron chi connectivity index (χ3n) is 13.8. The average molecular weight is 996 g/mol. The quantitative estimate of drug-likeness (QED) is 0.0261. The summed E-state index contributed by atoms with van der Waals surface area (Å²) in [5, 5.41) is 0.